The van der Waals surface area contributed by atoms with Crippen LogP contribution in [0.5, 0.6) is 0 Å². The Kier molecular flexibility index (Phi) is 10.5. The second-order valence-electron chi connectivity index (χ2n) is 10.0. The van der Waals surface area contributed by atoms with Crippen LogP contribution >= 0.6 is 0 Å². The van der Waals surface area contributed by atoms with Gasteiger partial charge in [-0.2, -0.15) is 0 Å². The fraction of sp³-hybridized carbons (Fsp3) is 0.692. The number of hydrogen-bond acceptors (Lipinski definition) is 4. The zero-order valence-electron chi connectivity index (χ0n) is 20.7. The number of amides is 2. The first-order valence-corrected chi connectivity index (χ1v) is 12.2. The fourth-order valence-electron chi connectivity index (χ4n) is 4.13. The summed E-state index contributed by atoms with van der Waals surface area (Å²) in [6.07, 6.45) is 5.52. The zero-order valence-corrected chi connectivity index (χ0v) is 20.7. The molecule has 2 amide bonds. The molecular formula is C26H43N3O3. The van der Waals surface area contributed by atoms with E-state index in [1.165, 1.54) is 5.56 Å². The van der Waals surface area contributed by atoms with Crippen molar-refractivity contribution >= 4 is 12.0 Å². The van der Waals surface area contributed by atoms with Gasteiger partial charge in [0.2, 0.25) is 5.91 Å². The summed E-state index contributed by atoms with van der Waals surface area (Å²) in [7, 11) is 0. The van der Waals surface area contributed by atoms with E-state index in [0.29, 0.717) is 19.0 Å². The Labute approximate surface area is 194 Å². The summed E-state index contributed by atoms with van der Waals surface area (Å²) in [5.74, 6) is 0.409. The summed E-state index contributed by atoms with van der Waals surface area (Å²) in [4.78, 5) is 27.4. The molecule has 1 aliphatic rings. The number of unbranched alkanes of at least 4 members (excludes halogenated alkanes) is 1. The van der Waals surface area contributed by atoms with E-state index in [1.807, 2.05) is 26.8 Å². The molecule has 6 heteroatoms. The molecule has 180 valence electrons. The average Bonchev–Trinajstić information content (AvgIpc) is 3.20. The first-order chi connectivity index (χ1) is 15.2. The smallest absolute Gasteiger partial charge is 0.407 e. The van der Waals surface area contributed by atoms with Gasteiger partial charge in [-0.3, -0.25) is 9.69 Å². The molecule has 1 saturated heterocycles. The van der Waals surface area contributed by atoms with Crippen LogP contribution in [-0.2, 0) is 16.0 Å². The molecule has 6 nitrogen and oxygen atoms in total. The maximum Gasteiger partial charge on any atom is 0.407 e. The van der Waals surface area contributed by atoms with E-state index in [2.05, 4.69) is 53.6 Å². The number of ether oxygens (including phenoxy) is 1. The largest absolute Gasteiger partial charge is 0.444 e. The Balaban J connectivity index is 1.81. The SMILES string of the molecule is CC[C@H](C)[C@@H](CN1CCC[C@H]1C(=O)NCCCCc1ccccc1)NC(=O)OC(C)(C)C. The number of rotatable bonds is 11. The highest BCUT2D eigenvalue weighted by molar-refractivity contribution is 5.82. The molecule has 1 aliphatic heterocycles. The van der Waals surface area contributed by atoms with Crippen LogP contribution in [0.25, 0.3) is 0 Å². The Morgan fingerprint density at radius 3 is 2.56 bits per heavy atom. The summed E-state index contributed by atoms with van der Waals surface area (Å²) in [5, 5.41) is 6.19. The summed E-state index contributed by atoms with van der Waals surface area (Å²) in [5.41, 5.74) is 0.815. The molecule has 3 atom stereocenters. The Morgan fingerprint density at radius 2 is 1.91 bits per heavy atom. The minimum atomic E-state index is -0.527. The van der Waals surface area contributed by atoms with Crippen LogP contribution in [0.1, 0.15) is 72.3 Å². The van der Waals surface area contributed by atoms with Gasteiger partial charge in [-0.15, -0.1) is 0 Å². The summed E-state index contributed by atoms with van der Waals surface area (Å²) in [6, 6.07) is 10.3. The van der Waals surface area contributed by atoms with E-state index < -0.39 is 5.60 Å². The monoisotopic (exact) mass is 445 g/mol. The van der Waals surface area contributed by atoms with Crippen molar-refractivity contribution in [2.45, 2.75) is 90.8 Å². The van der Waals surface area contributed by atoms with Gasteiger partial charge in [0.25, 0.3) is 0 Å². The summed E-state index contributed by atoms with van der Waals surface area (Å²) < 4.78 is 5.46. The molecule has 0 radical (unpaired) electrons. The van der Waals surface area contributed by atoms with E-state index in [9.17, 15) is 9.59 Å². The Morgan fingerprint density at radius 1 is 1.19 bits per heavy atom. The van der Waals surface area contributed by atoms with Crippen molar-refractivity contribution in [3.8, 4) is 0 Å². The third-order valence-electron chi connectivity index (χ3n) is 6.16. The van der Waals surface area contributed by atoms with Crippen LogP contribution in [0.4, 0.5) is 4.79 Å². The van der Waals surface area contributed by atoms with Crippen LogP contribution < -0.4 is 10.6 Å². The molecule has 0 unspecified atom stereocenters. The number of benzene rings is 1. The van der Waals surface area contributed by atoms with Crippen LogP contribution in [0.3, 0.4) is 0 Å². The molecule has 1 aromatic carbocycles. The Bertz CT molecular complexity index is 702. The predicted octanol–water partition coefficient (Wildman–Crippen LogP) is 4.53. The molecule has 1 aromatic rings. The van der Waals surface area contributed by atoms with Crippen molar-refractivity contribution in [1.29, 1.82) is 0 Å². The predicted molar refractivity (Wildman–Crippen MR) is 130 cm³/mol. The number of likely N-dealkylation sites (tertiary alicyclic amines) is 1. The number of hydrogen-bond donors (Lipinski definition) is 2. The van der Waals surface area contributed by atoms with E-state index in [-0.39, 0.29) is 24.1 Å². The van der Waals surface area contributed by atoms with Crippen molar-refractivity contribution in [3.05, 3.63) is 35.9 Å². The van der Waals surface area contributed by atoms with E-state index in [4.69, 9.17) is 4.74 Å². The van der Waals surface area contributed by atoms with Gasteiger partial charge in [0.05, 0.1) is 6.04 Å². The van der Waals surface area contributed by atoms with Crippen LogP contribution in [0.2, 0.25) is 0 Å². The number of alkyl carbamates (subject to hydrolysis) is 1. The normalized spacial score (nSPS) is 18.7. The number of nitrogens with one attached hydrogen (secondary N) is 2. The summed E-state index contributed by atoms with van der Waals surface area (Å²) >= 11 is 0. The van der Waals surface area contributed by atoms with Crippen LogP contribution in [-0.4, -0.2) is 54.2 Å². The van der Waals surface area contributed by atoms with E-state index >= 15 is 0 Å². The van der Waals surface area contributed by atoms with Crippen LogP contribution in [0.15, 0.2) is 30.3 Å². The average molecular weight is 446 g/mol. The lowest BCUT2D eigenvalue weighted by molar-refractivity contribution is -0.125. The van der Waals surface area contributed by atoms with Crippen molar-refractivity contribution in [2.24, 2.45) is 5.92 Å². The molecule has 0 spiro atoms. The number of carbonyl (C=O) groups is 2. The van der Waals surface area contributed by atoms with Gasteiger partial charge in [0.1, 0.15) is 5.60 Å². The van der Waals surface area contributed by atoms with Gasteiger partial charge in [0, 0.05) is 19.1 Å². The number of carbonyl (C=O) groups excluding carboxylic acids is 2. The second-order valence-corrected chi connectivity index (χ2v) is 10.0. The molecule has 1 heterocycles. The first-order valence-electron chi connectivity index (χ1n) is 12.2. The highest BCUT2D eigenvalue weighted by atomic mass is 16.6. The van der Waals surface area contributed by atoms with Gasteiger partial charge in [-0.1, -0.05) is 50.6 Å². The van der Waals surface area contributed by atoms with Crippen molar-refractivity contribution in [2.75, 3.05) is 19.6 Å². The molecule has 0 bridgehead atoms. The van der Waals surface area contributed by atoms with Crippen molar-refractivity contribution in [3.63, 3.8) is 0 Å². The molecule has 0 aliphatic carbocycles. The third kappa shape index (κ3) is 9.19. The Hall–Kier alpha value is -2.08. The highest BCUT2D eigenvalue weighted by Crippen LogP contribution is 2.20. The van der Waals surface area contributed by atoms with Gasteiger partial charge >= 0.3 is 6.09 Å². The topological polar surface area (TPSA) is 70.7 Å². The maximum atomic E-state index is 12.9. The molecular weight excluding hydrogens is 402 g/mol. The number of aryl methyl sites for hydroxylation is 1. The first kappa shape index (κ1) is 26.2. The molecule has 2 N–H and O–H groups in total. The quantitative estimate of drug-likeness (QED) is 0.491. The van der Waals surface area contributed by atoms with Crippen LogP contribution in [0, 0.1) is 5.92 Å². The van der Waals surface area contributed by atoms with Crippen molar-refractivity contribution < 1.29 is 14.3 Å². The minimum absolute atomic E-state index is 0.0471. The molecule has 0 aromatic heterocycles. The fourth-order valence-corrected chi connectivity index (χ4v) is 4.13. The highest BCUT2D eigenvalue weighted by Gasteiger charge is 2.33. The van der Waals surface area contributed by atoms with Crippen molar-refractivity contribution in [1.82, 2.24) is 15.5 Å². The maximum absolute atomic E-state index is 12.9. The molecule has 2 rings (SSSR count). The standard InChI is InChI=1S/C26H43N3O3/c1-6-20(2)22(28-25(31)32-26(3,4)5)19-29-18-12-16-23(29)24(30)27-17-11-10-15-21-13-8-7-9-14-21/h7-9,13-14,20,22-23H,6,10-12,15-19H2,1-5H3,(H,27,30)(H,28,31)/t20-,22+,23-/m0/s1. The van der Waals surface area contributed by atoms with Gasteiger partial charge < -0.3 is 15.4 Å². The van der Waals surface area contributed by atoms with E-state index in [0.717, 1.165) is 45.1 Å². The molecule has 1 fully saturated rings. The summed E-state index contributed by atoms with van der Waals surface area (Å²) in [6.45, 7) is 12.1. The lowest BCUT2D eigenvalue weighted by Gasteiger charge is -2.32. The number of nitrogens with zero attached hydrogens (tertiary/aromatic N) is 1. The molecule has 32 heavy (non-hydrogen) atoms. The zero-order chi connectivity index (χ0) is 23.6. The third-order valence-corrected chi connectivity index (χ3v) is 6.16. The van der Waals surface area contributed by atoms with Gasteiger partial charge in [-0.05, 0) is 70.9 Å². The lowest BCUT2D eigenvalue weighted by Crippen LogP contribution is -2.52. The molecule has 0 saturated carbocycles. The second kappa shape index (κ2) is 12.8. The van der Waals surface area contributed by atoms with E-state index in [1.54, 1.807) is 0 Å². The van der Waals surface area contributed by atoms with Gasteiger partial charge in [0.15, 0.2) is 0 Å². The lowest BCUT2D eigenvalue weighted by atomic mass is 9.98. The van der Waals surface area contributed by atoms with Gasteiger partial charge in [-0.25, -0.2) is 4.79 Å². The minimum Gasteiger partial charge on any atom is -0.444 e.